The predicted octanol–water partition coefficient (Wildman–Crippen LogP) is 1.27. The van der Waals surface area contributed by atoms with Gasteiger partial charge in [0.2, 0.25) is 10.0 Å². The molecule has 0 bridgehead atoms. The summed E-state index contributed by atoms with van der Waals surface area (Å²) in [6.45, 7) is -2.32. The number of alkyl halides is 3. The molecule has 0 aliphatic rings. The molecular weight excluding hydrogens is 304 g/mol. The summed E-state index contributed by atoms with van der Waals surface area (Å²) in [7, 11) is -4.05. The highest BCUT2D eigenvalue weighted by Crippen LogP contribution is 2.16. The second-order valence-electron chi connectivity index (χ2n) is 3.79. The molecule has 0 radical (unpaired) electrons. The summed E-state index contributed by atoms with van der Waals surface area (Å²) in [5, 5.41) is 0. The van der Waals surface area contributed by atoms with E-state index in [0.29, 0.717) is 0 Å². The molecule has 0 heterocycles. The smallest absolute Gasteiger partial charge is 0.399 e. The molecule has 0 aliphatic carbocycles. The minimum Gasteiger partial charge on any atom is -0.399 e. The standard InChI is InChI=1S/C10H12F4N2O3S/c11-7-3-8(15)5-9(4-7)20(17,18)16-1-2-19-6-10(12,13)14/h3-5,16H,1-2,6,15H2. The lowest BCUT2D eigenvalue weighted by Gasteiger charge is -2.09. The number of hydrogen-bond acceptors (Lipinski definition) is 4. The Morgan fingerprint density at radius 3 is 2.45 bits per heavy atom. The van der Waals surface area contributed by atoms with Crippen molar-refractivity contribution in [1.29, 1.82) is 0 Å². The summed E-state index contributed by atoms with van der Waals surface area (Å²) in [6, 6.07) is 2.71. The lowest BCUT2D eigenvalue weighted by molar-refractivity contribution is -0.173. The van der Waals surface area contributed by atoms with Crippen LogP contribution in [0.2, 0.25) is 0 Å². The molecule has 20 heavy (non-hydrogen) atoms. The zero-order chi connectivity index (χ0) is 15.4. The Bertz CT molecular complexity index is 540. The monoisotopic (exact) mass is 316 g/mol. The van der Waals surface area contributed by atoms with Gasteiger partial charge in [0.15, 0.2) is 0 Å². The van der Waals surface area contributed by atoms with Gasteiger partial charge in [-0.3, -0.25) is 0 Å². The molecule has 0 atom stereocenters. The average molecular weight is 316 g/mol. The molecule has 1 aromatic carbocycles. The molecule has 114 valence electrons. The molecule has 0 fully saturated rings. The van der Waals surface area contributed by atoms with Gasteiger partial charge in [-0.2, -0.15) is 13.2 Å². The Morgan fingerprint density at radius 1 is 1.25 bits per heavy atom. The Kier molecular flexibility index (Phi) is 5.31. The highest BCUT2D eigenvalue weighted by atomic mass is 32.2. The summed E-state index contributed by atoms with van der Waals surface area (Å²) in [5.41, 5.74) is 5.21. The van der Waals surface area contributed by atoms with Gasteiger partial charge in [-0.15, -0.1) is 0 Å². The highest BCUT2D eigenvalue weighted by molar-refractivity contribution is 7.89. The fourth-order valence-corrected chi connectivity index (χ4v) is 2.34. The minimum absolute atomic E-state index is 0.0845. The van der Waals surface area contributed by atoms with Gasteiger partial charge >= 0.3 is 6.18 Å². The second kappa shape index (κ2) is 6.37. The SMILES string of the molecule is Nc1cc(F)cc(S(=O)(=O)NCCOCC(F)(F)F)c1. The predicted molar refractivity (Wildman–Crippen MR) is 62.9 cm³/mol. The summed E-state index contributed by atoms with van der Waals surface area (Å²) in [6.07, 6.45) is -4.48. The largest absolute Gasteiger partial charge is 0.411 e. The third-order valence-electron chi connectivity index (χ3n) is 2.01. The fraction of sp³-hybridized carbons (Fsp3) is 0.400. The average Bonchev–Trinajstić information content (AvgIpc) is 2.25. The van der Waals surface area contributed by atoms with Gasteiger partial charge in [0.1, 0.15) is 12.4 Å². The number of hydrogen-bond donors (Lipinski definition) is 2. The summed E-state index contributed by atoms with van der Waals surface area (Å²) >= 11 is 0. The van der Waals surface area contributed by atoms with Crippen LogP contribution < -0.4 is 10.5 Å². The van der Waals surface area contributed by atoms with E-state index in [0.717, 1.165) is 18.2 Å². The first-order valence-corrected chi connectivity index (χ1v) is 6.79. The first kappa shape index (κ1) is 16.7. The number of halogens is 4. The summed E-state index contributed by atoms with van der Waals surface area (Å²) in [4.78, 5) is -0.411. The number of nitrogens with two attached hydrogens (primary N) is 1. The van der Waals surface area contributed by atoms with Gasteiger partial charge in [0.05, 0.1) is 11.5 Å². The van der Waals surface area contributed by atoms with Crippen LogP contribution >= 0.6 is 0 Å². The second-order valence-corrected chi connectivity index (χ2v) is 5.55. The van der Waals surface area contributed by atoms with E-state index in [-0.39, 0.29) is 12.2 Å². The van der Waals surface area contributed by atoms with E-state index in [9.17, 15) is 26.0 Å². The van der Waals surface area contributed by atoms with Crippen LogP contribution in [-0.4, -0.2) is 34.4 Å². The van der Waals surface area contributed by atoms with Crippen molar-refractivity contribution in [1.82, 2.24) is 4.72 Å². The van der Waals surface area contributed by atoms with Crippen LogP contribution in [0.15, 0.2) is 23.1 Å². The number of nitrogens with one attached hydrogen (secondary N) is 1. The first-order chi connectivity index (χ1) is 9.10. The molecule has 0 amide bonds. The summed E-state index contributed by atoms with van der Waals surface area (Å²) in [5.74, 6) is -0.835. The van der Waals surface area contributed by atoms with Crippen molar-refractivity contribution in [2.45, 2.75) is 11.1 Å². The van der Waals surface area contributed by atoms with Gasteiger partial charge in [-0.1, -0.05) is 0 Å². The number of rotatable bonds is 6. The topological polar surface area (TPSA) is 81.4 Å². The lowest BCUT2D eigenvalue weighted by atomic mass is 10.3. The third-order valence-corrected chi connectivity index (χ3v) is 3.45. The third kappa shape index (κ3) is 5.72. The van der Waals surface area contributed by atoms with Gasteiger partial charge in [0.25, 0.3) is 0 Å². The van der Waals surface area contributed by atoms with E-state index in [1.807, 2.05) is 4.72 Å². The fourth-order valence-electron chi connectivity index (χ4n) is 1.26. The van der Waals surface area contributed by atoms with E-state index >= 15 is 0 Å². The van der Waals surface area contributed by atoms with Crippen molar-refractivity contribution in [2.24, 2.45) is 0 Å². The Hall–Kier alpha value is -1.39. The van der Waals surface area contributed by atoms with Crippen molar-refractivity contribution in [3.05, 3.63) is 24.0 Å². The number of benzene rings is 1. The first-order valence-electron chi connectivity index (χ1n) is 5.30. The van der Waals surface area contributed by atoms with Crippen molar-refractivity contribution in [2.75, 3.05) is 25.5 Å². The molecule has 3 N–H and O–H groups in total. The van der Waals surface area contributed by atoms with Gasteiger partial charge < -0.3 is 10.5 Å². The van der Waals surface area contributed by atoms with Crippen molar-refractivity contribution < 1.29 is 30.7 Å². The maximum atomic E-state index is 13.0. The van der Waals surface area contributed by atoms with E-state index in [1.54, 1.807) is 0 Å². The van der Waals surface area contributed by atoms with Crippen LogP contribution in [0, 0.1) is 5.82 Å². The molecule has 0 aromatic heterocycles. The van der Waals surface area contributed by atoms with Crippen LogP contribution in [-0.2, 0) is 14.8 Å². The van der Waals surface area contributed by atoms with Crippen molar-refractivity contribution in [3.8, 4) is 0 Å². The van der Waals surface area contributed by atoms with Gasteiger partial charge in [-0.05, 0) is 18.2 Å². The van der Waals surface area contributed by atoms with E-state index in [1.165, 1.54) is 0 Å². The zero-order valence-electron chi connectivity index (χ0n) is 10.1. The van der Waals surface area contributed by atoms with Crippen LogP contribution in [0.4, 0.5) is 23.2 Å². The number of nitrogen functional groups attached to an aromatic ring is 1. The van der Waals surface area contributed by atoms with Gasteiger partial charge in [0, 0.05) is 12.2 Å². The van der Waals surface area contributed by atoms with Crippen molar-refractivity contribution >= 4 is 15.7 Å². The normalized spacial score (nSPS) is 12.6. The minimum atomic E-state index is -4.48. The lowest BCUT2D eigenvalue weighted by Crippen LogP contribution is -2.29. The molecule has 5 nitrogen and oxygen atoms in total. The quantitative estimate of drug-likeness (QED) is 0.470. The number of ether oxygens (including phenoxy) is 1. The van der Waals surface area contributed by atoms with Crippen LogP contribution in [0.1, 0.15) is 0 Å². The van der Waals surface area contributed by atoms with Crippen LogP contribution in [0.3, 0.4) is 0 Å². The van der Waals surface area contributed by atoms with Crippen molar-refractivity contribution in [3.63, 3.8) is 0 Å². The maximum Gasteiger partial charge on any atom is 0.411 e. The van der Waals surface area contributed by atoms with Crippen LogP contribution in [0.5, 0.6) is 0 Å². The molecular formula is C10H12F4N2O3S. The Labute approximate surface area is 112 Å². The maximum absolute atomic E-state index is 13.0. The zero-order valence-corrected chi connectivity index (χ0v) is 10.9. The van der Waals surface area contributed by atoms with E-state index < -0.39 is 40.1 Å². The molecule has 1 aromatic rings. The highest BCUT2D eigenvalue weighted by Gasteiger charge is 2.27. The molecule has 0 spiro atoms. The Morgan fingerprint density at radius 2 is 1.90 bits per heavy atom. The molecule has 0 unspecified atom stereocenters. The molecule has 0 saturated heterocycles. The van der Waals surface area contributed by atoms with E-state index in [4.69, 9.17) is 5.73 Å². The molecule has 0 aliphatic heterocycles. The molecule has 10 heteroatoms. The van der Waals surface area contributed by atoms with Gasteiger partial charge in [-0.25, -0.2) is 17.5 Å². The van der Waals surface area contributed by atoms with E-state index in [2.05, 4.69) is 4.74 Å². The number of anilines is 1. The number of sulfonamides is 1. The molecule has 0 saturated carbocycles. The van der Waals surface area contributed by atoms with Crippen LogP contribution in [0.25, 0.3) is 0 Å². The summed E-state index contributed by atoms with van der Waals surface area (Å²) < 4.78 is 77.8. The Balaban J connectivity index is 2.54. The molecule has 1 rings (SSSR count).